The van der Waals surface area contributed by atoms with E-state index in [2.05, 4.69) is 6.58 Å². The average Bonchev–Trinajstić information content (AvgIpc) is 1.37. The fourth-order valence-corrected chi connectivity index (χ4v) is 0. The van der Waals surface area contributed by atoms with E-state index in [0.717, 1.165) is 6.08 Å². The van der Waals surface area contributed by atoms with E-state index in [-0.39, 0.29) is 39.9 Å². The molecule has 0 radical (unpaired) electrons. The van der Waals surface area contributed by atoms with Crippen LogP contribution in [0.3, 0.4) is 0 Å². The third kappa shape index (κ3) is 11.8. The molecule has 0 aliphatic carbocycles. The summed E-state index contributed by atoms with van der Waals surface area (Å²) in [6.45, 7) is 3.06. The van der Waals surface area contributed by atoms with Crippen molar-refractivity contribution in [1.82, 2.24) is 0 Å². The fraction of sp³-hybridized carbons (Fsp3) is 0. The molecule has 2 heteroatoms. The molecule has 0 spiro atoms. The first-order valence-corrected chi connectivity index (χ1v) is 0.901. The van der Waals surface area contributed by atoms with Gasteiger partial charge in [-0.05, 0) is 6.29 Å². The first kappa shape index (κ1) is 9.22. The Kier molecular flexibility index (Phi) is 16.3. The topological polar surface area (TPSA) is 17.1 Å². The monoisotopic (exact) mass is 213 g/mol. The number of rotatable bonds is 1. The van der Waals surface area contributed by atoms with Gasteiger partial charge in [0.2, 0.25) is 0 Å². The van der Waals surface area contributed by atoms with Gasteiger partial charge in [0, 0.05) is 39.9 Å². The summed E-state index contributed by atoms with van der Waals surface area (Å²) in [5.41, 5.74) is 0. The molecule has 0 amide bonds. The second-order valence-corrected chi connectivity index (χ2v) is 0.322. The Labute approximate surface area is 63.1 Å². The molecule has 0 saturated carbocycles. The Hall–Kier alpha value is 0.735. The predicted octanol–water partition coefficient (Wildman–Crippen LogP) is 0.282. The van der Waals surface area contributed by atoms with Crippen LogP contribution >= 0.6 is 0 Å². The Morgan fingerprint density at radius 2 is 2.00 bits per heavy atom. The molecule has 0 rings (SSSR count). The number of allylic oxidation sites excluding steroid dienone is 1. The molecule has 0 aliphatic rings. The van der Waals surface area contributed by atoms with Crippen molar-refractivity contribution < 1.29 is 44.7 Å². The number of carbonyl (C=O) groups excluding carboxylic acids is 1. The summed E-state index contributed by atoms with van der Waals surface area (Å²) < 4.78 is 0. The molecule has 0 atom stereocenters. The molecule has 0 unspecified atom stereocenters. The predicted molar refractivity (Wildman–Crippen MR) is 15.9 cm³/mol. The van der Waals surface area contributed by atoms with E-state index in [1.165, 1.54) is 6.29 Å². The molecule has 30 valence electrons. The van der Waals surface area contributed by atoms with Gasteiger partial charge in [-0.1, -0.05) is 0 Å². The quantitative estimate of drug-likeness (QED) is 0.451. The molecule has 5 heavy (non-hydrogen) atoms. The zero-order chi connectivity index (χ0) is 3.41. The van der Waals surface area contributed by atoms with E-state index < -0.39 is 0 Å². The van der Waals surface area contributed by atoms with Gasteiger partial charge in [-0.15, -0.1) is 0 Å². The molecule has 0 aromatic heterocycles. The van der Waals surface area contributed by atoms with Gasteiger partial charge >= 0.3 is 0 Å². The third-order valence-electron chi connectivity index (χ3n) is 0.0833. The second kappa shape index (κ2) is 8.83. The van der Waals surface area contributed by atoms with E-state index in [9.17, 15) is 0 Å². The van der Waals surface area contributed by atoms with Crippen molar-refractivity contribution in [3.05, 3.63) is 12.7 Å². The van der Waals surface area contributed by atoms with E-state index in [0.29, 0.717) is 0 Å². The molecular weight excluding hydrogens is 209 g/mol. The Morgan fingerprint density at radius 1 is 1.80 bits per heavy atom. The van der Waals surface area contributed by atoms with Crippen LogP contribution in [0.4, 0.5) is 0 Å². The van der Waals surface area contributed by atoms with E-state index in [4.69, 9.17) is 4.79 Å². The summed E-state index contributed by atoms with van der Waals surface area (Å²) in [4.78, 5) is 8.93. The van der Waals surface area contributed by atoms with Crippen LogP contribution < -0.4 is 0 Å². The van der Waals surface area contributed by atoms with Gasteiger partial charge in [0.25, 0.3) is 0 Å². The number of hydrogen-bond donors (Lipinski definition) is 0. The van der Waals surface area contributed by atoms with Gasteiger partial charge in [0.05, 0.1) is 0 Å². The maximum absolute atomic E-state index is 8.93. The Balaban J connectivity index is 0. The molecule has 0 fully saturated rings. The van der Waals surface area contributed by atoms with Crippen molar-refractivity contribution in [1.29, 1.82) is 0 Å². The van der Waals surface area contributed by atoms with E-state index >= 15 is 0 Å². The van der Waals surface area contributed by atoms with Crippen molar-refractivity contribution in [3.8, 4) is 0 Å². The van der Waals surface area contributed by atoms with Crippen LogP contribution in [-0.4, -0.2) is 6.29 Å². The maximum atomic E-state index is 8.93. The summed E-state index contributed by atoms with van der Waals surface area (Å²) in [5, 5.41) is 0. The number of hydrogen-bond acceptors (Lipinski definition) is 1. The van der Waals surface area contributed by atoms with Crippen molar-refractivity contribution in [2.45, 2.75) is 0 Å². The van der Waals surface area contributed by atoms with Crippen LogP contribution in [0.1, 0.15) is 0 Å². The minimum absolute atomic E-state index is 0. The fourth-order valence-electron chi connectivity index (χ4n) is 0. The van der Waals surface area contributed by atoms with E-state index in [1.807, 2.05) is 0 Å². The van der Waals surface area contributed by atoms with Crippen LogP contribution in [0.25, 0.3) is 0 Å². The molecule has 0 heterocycles. The van der Waals surface area contributed by atoms with Crippen molar-refractivity contribution in [3.63, 3.8) is 0 Å². The Bertz CT molecular complexity index is 27.9. The molecule has 0 aromatic carbocycles. The first-order valence-electron chi connectivity index (χ1n) is 0.901. The van der Waals surface area contributed by atoms with Crippen LogP contribution in [-0.2, 0) is 4.79 Å². The molecule has 1 nitrogen and oxygen atoms in total. The second-order valence-electron chi connectivity index (χ2n) is 0.322. The summed E-state index contributed by atoms with van der Waals surface area (Å²) in [6.07, 6.45) is 2.51. The molecule has 0 aliphatic heterocycles. The molecule has 0 bridgehead atoms. The molecule has 0 saturated heterocycles. The zero-order valence-electron chi connectivity index (χ0n) is 2.55. The standard InChI is InChI=1S/C3H3O.Gd/c1-2-3-4;/h2H,1H2;/q-1;. The van der Waals surface area contributed by atoms with Gasteiger partial charge in [-0.2, -0.15) is 0 Å². The first-order chi connectivity index (χ1) is 1.91. The van der Waals surface area contributed by atoms with Gasteiger partial charge in [0.1, 0.15) is 0 Å². The largest absolute Gasteiger partial charge is 0.419 e. The summed E-state index contributed by atoms with van der Waals surface area (Å²) in [7, 11) is 0. The molecule has 0 N–H and O–H groups in total. The maximum Gasteiger partial charge on any atom is 0 e. The summed E-state index contributed by atoms with van der Waals surface area (Å²) in [5.74, 6) is 0. The van der Waals surface area contributed by atoms with Gasteiger partial charge in [0.15, 0.2) is 0 Å². The third-order valence-corrected chi connectivity index (χ3v) is 0.0833. The van der Waals surface area contributed by atoms with Gasteiger partial charge < -0.3 is 4.79 Å². The summed E-state index contributed by atoms with van der Waals surface area (Å²) in [6, 6.07) is 0. The molecular formula is C3H3GdO-. The Morgan fingerprint density at radius 3 is 2.00 bits per heavy atom. The zero-order valence-corrected chi connectivity index (χ0v) is 4.81. The normalized spacial score (nSPS) is 4.00. The average molecular weight is 212 g/mol. The minimum Gasteiger partial charge on any atom is -0.419 e. The van der Waals surface area contributed by atoms with Crippen LogP contribution in [0.2, 0.25) is 0 Å². The van der Waals surface area contributed by atoms with Gasteiger partial charge in [-0.3, -0.25) is 0 Å². The minimum atomic E-state index is 0. The van der Waals surface area contributed by atoms with Crippen LogP contribution in [0.5, 0.6) is 0 Å². The van der Waals surface area contributed by atoms with E-state index in [1.54, 1.807) is 0 Å². The van der Waals surface area contributed by atoms with Crippen LogP contribution in [0, 0.1) is 39.9 Å². The van der Waals surface area contributed by atoms with Crippen LogP contribution in [0.15, 0.2) is 12.7 Å². The smallest absolute Gasteiger partial charge is 0 e. The summed E-state index contributed by atoms with van der Waals surface area (Å²) >= 11 is 0. The van der Waals surface area contributed by atoms with Crippen molar-refractivity contribution in [2.24, 2.45) is 0 Å². The van der Waals surface area contributed by atoms with Crippen molar-refractivity contribution in [2.75, 3.05) is 0 Å². The molecule has 0 aromatic rings. The SMILES string of the molecule is C=C[C-]=O.[Gd]. The van der Waals surface area contributed by atoms with Crippen molar-refractivity contribution >= 4 is 6.29 Å². The van der Waals surface area contributed by atoms with Gasteiger partial charge in [-0.25, -0.2) is 12.7 Å².